The number of ether oxygens (including phenoxy) is 4. The summed E-state index contributed by atoms with van der Waals surface area (Å²) in [5, 5.41) is 12.1. The van der Waals surface area contributed by atoms with Gasteiger partial charge in [0.15, 0.2) is 11.5 Å². The zero-order chi connectivity index (χ0) is 21.7. The Kier molecular flexibility index (Phi) is 7.44. The summed E-state index contributed by atoms with van der Waals surface area (Å²) in [7, 11) is 2.79. The van der Waals surface area contributed by atoms with Crippen LogP contribution in [-0.4, -0.2) is 25.3 Å². The number of hydrogen-bond acceptors (Lipinski definition) is 7. The molecule has 0 N–H and O–H groups in total. The summed E-state index contributed by atoms with van der Waals surface area (Å²) < 4.78 is 21.0. The van der Waals surface area contributed by atoms with Crippen molar-refractivity contribution >= 4 is 27.8 Å². The van der Waals surface area contributed by atoms with Gasteiger partial charge in [0.1, 0.15) is 11.9 Å². The van der Waals surface area contributed by atoms with Crippen LogP contribution < -0.4 is 14.2 Å². The molecule has 0 aliphatic rings. The van der Waals surface area contributed by atoms with Gasteiger partial charge in [-0.05, 0) is 43.5 Å². The minimum absolute atomic E-state index is 0.160. The second kappa shape index (κ2) is 9.60. The Labute approximate surface area is 177 Å². The molecule has 1 atom stereocenters. The summed E-state index contributed by atoms with van der Waals surface area (Å²) in [4.78, 5) is 23.2. The second-order valence-corrected chi connectivity index (χ2v) is 6.89. The van der Waals surface area contributed by atoms with Gasteiger partial charge in [-0.2, -0.15) is 0 Å². The number of aryl methyl sites for hydroxylation is 2. The predicted molar refractivity (Wildman–Crippen MR) is 110 cm³/mol. The molecule has 2 aromatic rings. The van der Waals surface area contributed by atoms with Crippen LogP contribution in [0.25, 0.3) is 0 Å². The Morgan fingerprint density at radius 1 is 1.10 bits per heavy atom. The van der Waals surface area contributed by atoms with Crippen LogP contribution in [0.1, 0.15) is 35.3 Å². The monoisotopic (exact) mass is 467 g/mol. The lowest BCUT2D eigenvalue weighted by Crippen LogP contribution is -2.15. The van der Waals surface area contributed by atoms with Gasteiger partial charge in [0.25, 0.3) is 5.69 Å². The first kappa shape index (κ1) is 22.5. The van der Waals surface area contributed by atoms with Gasteiger partial charge in [-0.15, -0.1) is 0 Å². The van der Waals surface area contributed by atoms with Gasteiger partial charge < -0.3 is 18.9 Å². The first-order valence-electron chi connectivity index (χ1n) is 8.66. The van der Waals surface area contributed by atoms with Crippen LogP contribution in [0.3, 0.4) is 0 Å². The molecule has 0 bridgehead atoms. The number of methoxy groups -OCH3 is 2. The fraction of sp³-hybridized carbons (Fsp3) is 0.350. The Hall–Kier alpha value is -2.81. The molecule has 2 aromatic carbocycles. The maximum atomic E-state index is 12.3. The van der Waals surface area contributed by atoms with Crippen LogP contribution in [-0.2, 0) is 10.1 Å². The number of carbonyl (C=O) groups is 1. The Bertz CT molecular complexity index is 906. The standard InChI is InChI=1S/C20H22BrNO7/c1-11-6-14(10-21)7-12(2)19(11)29-20(23)28-13(3)15-8-17(26-4)18(27-5)9-16(15)22(24)25/h6-9,13H,10H2,1-5H3. The molecule has 29 heavy (non-hydrogen) atoms. The SMILES string of the molecule is COc1cc(C(C)OC(=O)Oc2c(C)cc(CBr)cc2C)c([N+](=O)[O-])cc1OC. The van der Waals surface area contributed by atoms with Crippen LogP contribution in [0.4, 0.5) is 10.5 Å². The van der Waals surface area contributed by atoms with Crippen molar-refractivity contribution in [2.75, 3.05) is 14.2 Å². The van der Waals surface area contributed by atoms with Crippen LogP contribution in [0.2, 0.25) is 0 Å². The van der Waals surface area contributed by atoms with E-state index in [1.807, 2.05) is 26.0 Å². The van der Waals surface area contributed by atoms with Crippen LogP contribution in [0.5, 0.6) is 17.2 Å². The first-order valence-corrected chi connectivity index (χ1v) is 9.78. The quantitative estimate of drug-likeness (QED) is 0.176. The van der Waals surface area contributed by atoms with Crippen molar-refractivity contribution in [1.29, 1.82) is 0 Å². The molecule has 1 unspecified atom stereocenters. The van der Waals surface area contributed by atoms with Crippen molar-refractivity contribution in [3.8, 4) is 17.2 Å². The summed E-state index contributed by atoms with van der Waals surface area (Å²) in [6, 6.07) is 6.43. The molecule has 0 aliphatic heterocycles. The number of hydrogen-bond donors (Lipinski definition) is 0. The topological polar surface area (TPSA) is 97.1 Å². The Morgan fingerprint density at radius 3 is 2.14 bits per heavy atom. The minimum atomic E-state index is -0.959. The van der Waals surface area contributed by atoms with Gasteiger partial charge >= 0.3 is 6.16 Å². The molecule has 0 radical (unpaired) electrons. The van der Waals surface area contributed by atoms with Gasteiger partial charge in [0, 0.05) is 5.33 Å². The molecule has 0 spiro atoms. The number of nitro benzene ring substituents is 1. The van der Waals surface area contributed by atoms with Gasteiger partial charge in [0.2, 0.25) is 0 Å². The lowest BCUT2D eigenvalue weighted by atomic mass is 10.1. The number of benzene rings is 2. The maximum absolute atomic E-state index is 12.3. The van der Waals surface area contributed by atoms with Gasteiger partial charge in [-0.3, -0.25) is 10.1 Å². The predicted octanol–water partition coefficient (Wildman–Crippen LogP) is 5.40. The maximum Gasteiger partial charge on any atom is 0.514 e. The molecule has 0 fully saturated rings. The van der Waals surface area contributed by atoms with E-state index in [9.17, 15) is 14.9 Å². The van der Waals surface area contributed by atoms with Gasteiger partial charge in [-0.25, -0.2) is 4.79 Å². The number of alkyl halides is 1. The lowest BCUT2D eigenvalue weighted by molar-refractivity contribution is -0.386. The smallest absolute Gasteiger partial charge is 0.493 e. The van der Waals surface area contributed by atoms with E-state index in [2.05, 4.69) is 15.9 Å². The normalized spacial score (nSPS) is 11.5. The largest absolute Gasteiger partial charge is 0.514 e. The highest BCUT2D eigenvalue weighted by Gasteiger charge is 2.26. The van der Waals surface area contributed by atoms with E-state index < -0.39 is 17.2 Å². The van der Waals surface area contributed by atoms with Crippen molar-refractivity contribution in [3.63, 3.8) is 0 Å². The number of halogens is 1. The van der Waals surface area contributed by atoms with E-state index in [4.69, 9.17) is 18.9 Å². The number of rotatable bonds is 7. The Morgan fingerprint density at radius 2 is 1.66 bits per heavy atom. The number of carbonyl (C=O) groups excluding carboxylic acids is 1. The molecular formula is C20H22BrNO7. The molecule has 0 aromatic heterocycles. The molecule has 0 saturated carbocycles. The highest BCUT2D eigenvalue weighted by atomic mass is 79.9. The molecule has 156 valence electrons. The third-order valence-corrected chi connectivity index (χ3v) is 4.95. The number of nitro groups is 1. The third-order valence-electron chi connectivity index (χ3n) is 4.30. The highest BCUT2D eigenvalue weighted by Crippen LogP contribution is 2.38. The van der Waals surface area contributed by atoms with Gasteiger partial charge in [-0.1, -0.05) is 28.1 Å². The fourth-order valence-electron chi connectivity index (χ4n) is 2.96. The fourth-order valence-corrected chi connectivity index (χ4v) is 3.28. The Balaban J connectivity index is 2.27. The summed E-state index contributed by atoms with van der Waals surface area (Å²) in [6.07, 6.45) is -1.91. The van der Waals surface area contributed by atoms with E-state index >= 15 is 0 Å². The van der Waals surface area contributed by atoms with Crippen molar-refractivity contribution in [2.45, 2.75) is 32.2 Å². The van der Waals surface area contributed by atoms with E-state index in [0.29, 0.717) is 11.1 Å². The van der Waals surface area contributed by atoms with Crippen molar-refractivity contribution in [1.82, 2.24) is 0 Å². The molecule has 0 amide bonds. The summed E-state index contributed by atoms with van der Waals surface area (Å²) >= 11 is 3.39. The molecular weight excluding hydrogens is 446 g/mol. The average Bonchev–Trinajstić information content (AvgIpc) is 2.69. The van der Waals surface area contributed by atoms with Gasteiger partial charge in [0.05, 0.1) is 30.8 Å². The molecule has 8 nitrogen and oxygen atoms in total. The minimum Gasteiger partial charge on any atom is -0.493 e. The molecule has 9 heteroatoms. The summed E-state index contributed by atoms with van der Waals surface area (Å²) in [6.45, 7) is 5.16. The van der Waals surface area contributed by atoms with Crippen molar-refractivity contribution < 1.29 is 28.7 Å². The van der Waals surface area contributed by atoms with Crippen LogP contribution in [0, 0.1) is 24.0 Å². The average molecular weight is 468 g/mol. The number of nitrogens with zero attached hydrogens (tertiary/aromatic N) is 1. The molecule has 0 heterocycles. The lowest BCUT2D eigenvalue weighted by Gasteiger charge is -2.17. The molecule has 0 aliphatic carbocycles. The van der Waals surface area contributed by atoms with Crippen molar-refractivity contribution in [3.05, 3.63) is 56.6 Å². The van der Waals surface area contributed by atoms with E-state index in [-0.39, 0.29) is 22.7 Å². The molecule has 2 rings (SSSR count). The second-order valence-electron chi connectivity index (χ2n) is 6.33. The van der Waals surface area contributed by atoms with Crippen LogP contribution in [0.15, 0.2) is 24.3 Å². The van der Waals surface area contributed by atoms with Crippen LogP contribution >= 0.6 is 15.9 Å². The molecule has 0 saturated heterocycles. The highest BCUT2D eigenvalue weighted by molar-refractivity contribution is 9.08. The first-order chi connectivity index (χ1) is 13.7. The van der Waals surface area contributed by atoms with E-state index in [1.54, 1.807) is 0 Å². The van der Waals surface area contributed by atoms with E-state index in [1.165, 1.54) is 33.3 Å². The van der Waals surface area contributed by atoms with Crippen molar-refractivity contribution in [2.24, 2.45) is 0 Å². The zero-order valence-corrected chi connectivity index (χ0v) is 18.4. The zero-order valence-electron chi connectivity index (χ0n) is 16.8. The third kappa shape index (κ3) is 5.17. The van der Waals surface area contributed by atoms with E-state index in [0.717, 1.165) is 16.7 Å². The summed E-state index contributed by atoms with van der Waals surface area (Å²) in [5.74, 6) is 0.888. The summed E-state index contributed by atoms with van der Waals surface area (Å²) in [5.41, 5.74) is 2.52.